The molecule has 0 heterocycles. The largest absolute Gasteiger partial charge is 0.340 e. The minimum atomic E-state index is -0.428. The second kappa shape index (κ2) is 6.98. The average molecular weight is 289 g/mol. The molecule has 0 aliphatic heterocycles. The van der Waals surface area contributed by atoms with E-state index >= 15 is 0 Å². The number of benzene rings is 1. The van der Waals surface area contributed by atoms with Crippen molar-refractivity contribution in [2.45, 2.75) is 32.4 Å². The van der Waals surface area contributed by atoms with Gasteiger partial charge in [-0.25, -0.2) is 0 Å². The maximum Gasteiger partial charge on any atom is 0.239 e. The van der Waals surface area contributed by atoms with Gasteiger partial charge in [0.25, 0.3) is 0 Å². The van der Waals surface area contributed by atoms with E-state index in [2.05, 4.69) is 0 Å². The minimum absolute atomic E-state index is 0.0528. The molecule has 1 aromatic rings. The molecule has 0 aliphatic rings. The highest BCUT2D eigenvalue weighted by Crippen LogP contribution is 2.23. The van der Waals surface area contributed by atoms with E-state index in [1.165, 1.54) is 0 Å². The number of hydrogen-bond donors (Lipinski definition) is 1. The highest BCUT2D eigenvalue weighted by molar-refractivity contribution is 6.42. The molecule has 1 atom stereocenters. The van der Waals surface area contributed by atoms with Crippen LogP contribution >= 0.6 is 23.2 Å². The van der Waals surface area contributed by atoms with Crippen LogP contribution in [0.5, 0.6) is 0 Å². The lowest BCUT2D eigenvalue weighted by atomic mass is 10.1. The first-order chi connectivity index (χ1) is 8.45. The molecular weight excluding hydrogens is 271 g/mol. The molecule has 5 heteroatoms. The summed E-state index contributed by atoms with van der Waals surface area (Å²) in [6, 6.07) is 4.91. The molecule has 18 heavy (non-hydrogen) atoms. The number of carbonyl (C=O) groups is 1. The van der Waals surface area contributed by atoms with E-state index in [-0.39, 0.29) is 5.91 Å². The molecule has 2 N–H and O–H groups in total. The molecule has 1 aromatic carbocycles. The highest BCUT2D eigenvalue weighted by Gasteiger charge is 2.17. The van der Waals surface area contributed by atoms with Crippen LogP contribution in [0.2, 0.25) is 10.0 Å². The zero-order valence-corrected chi connectivity index (χ0v) is 12.1. The molecule has 0 aliphatic carbocycles. The summed E-state index contributed by atoms with van der Waals surface area (Å²) in [5.41, 5.74) is 6.73. The van der Waals surface area contributed by atoms with E-state index in [0.717, 1.165) is 12.0 Å². The Kier molecular flexibility index (Phi) is 5.93. The quantitative estimate of drug-likeness (QED) is 0.905. The number of nitrogens with two attached hydrogens (primary N) is 1. The van der Waals surface area contributed by atoms with Crippen molar-refractivity contribution in [1.29, 1.82) is 0 Å². The molecule has 0 aromatic heterocycles. The Morgan fingerprint density at radius 1 is 1.39 bits per heavy atom. The van der Waals surface area contributed by atoms with E-state index in [4.69, 9.17) is 28.9 Å². The monoisotopic (exact) mass is 288 g/mol. The van der Waals surface area contributed by atoms with Gasteiger partial charge < -0.3 is 10.6 Å². The summed E-state index contributed by atoms with van der Waals surface area (Å²) >= 11 is 11.8. The molecule has 0 radical (unpaired) electrons. The van der Waals surface area contributed by atoms with Gasteiger partial charge in [0.05, 0.1) is 16.1 Å². The molecule has 1 amide bonds. The van der Waals surface area contributed by atoms with Crippen LogP contribution in [0.1, 0.15) is 25.3 Å². The fourth-order valence-corrected chi connectivity index (χ4v) is 2.03. The van der Waals surface area contributed by atoms with Gasteiger partial charge in [0.1, 0.15) is 0 Å². The van der Waals surface area contributed by atoms with E-state index in [1.54, 1.807) is 24.1 Å². The number of carbonyl (C=O) groups excluding carboxylic acids is 1. The van der Waals surface area contributed by atoms with Crippen LogP contribution < -0.4 is 5.73 Å². The highest BCUT2D eigenvalue weighted by atomic mass is 35.5. The van der Waals surface area contributed by atoms with E-state index < -0.39 is 6.04 Å². The first-order valence-electron chi connectivity index (χ1n) is 5.90. The molecule has 3 nitrogen and oxygen atoms in total. The van der Waals surface area contributed by atoms with Crippen molar-refractivity contribution in [3.8, 4) is 0 Å². The average Bonchev–Trinajstić information content (AvgIpc) is 2.33. The van der Waals surface area contributed by atoms with Gasteiger partial charge in [-0.05, 0) is 24.1 Å². The SMILES string of the molecule is CCCC(N)C(=O)N(C)Cc1ccc(Cl)c(Cl)c1. The van der Waals surface area contributed by atoms with Gasteiger partial charge in [0, 0.05) is 13.6 Å². The molecule has 100 valence electrons. The summed E-state index contributed by atoms with van der Waals surface area (Å²) in [6.45, 7) is 2.49. The lowest BCUT2D eigenvalue weighted by Crippen LogP contribution is -2.41. The normalized spacial score (nSPS) is 12.3. The number of likely N-dealkylation sites (N-methyl/N-ethyl adjacent to an activating group) is 1. The smallest absolute Gasteiger partial charge is 0.239 e. The van der Waals surface area contributed by atoms with Crippen molar-refractivity contribution in [2.24, 2.45) is 5.73 Å². The van der Waals surface area contributed by atoms with E-state index in [9.17, 15) is 4.79 Å². The number of rotatable bonds is 5. The second-order valence-electron chi connectivity index (χ2n) is 4.34. The van der Waals surface area contributed by atoms with Gasteiger partial charge in [0.2, 0.25) is 5.91 Å². The van der Waals surface area contributed by atoms with Crippen molar-refractivity contribution in [1.82, 2.24) is 4.90 Å². The molecule has 0 spiro atoms. The van der Waals surface area contributed by atoms with Crippen molar-refractivity contribution < 1.29 is 4.79 Å². The van der Waals surface area contributed by atoms with Crippen molar-refractivity contribution >= 4 is 29.1 Å². The van der Waals surface area contributed by atoms with Gasteiger partial charge in [-0.15, -0.1) is 0 Å². The second-order valence-corrected chi connectivity index (χ2v) is 5.15. The molecule has 1 unspecified atom stereocenters. The lowest BCUT2D eigenvalue weighted by molar-refractivity contribution is -0.131. The maximum absolute atomic E-state index is 11.9. The Balaban J connectivity index is 2.66. The van der Waals surface area contributed by atoms with Gasteiger partial charge in [0.15, 0.2) is 0 Å². The summed E-state index contributed by atoms with van der Waals surface area (Å²) in [6.07, 6.45) is 1.60. The standard InChI is InChI=1S/C13H18Cl2N2O/c1-3-4-12(16)13(18)17(2)8-9-5-6-10(14)11(15)7-9/h5-7,12H,3-4,8,16H2,1-2H3. The van der Waals surface area contributed by atoms with Crippen molar-refractivity contribution in [2.75, 3.05) is 7.05 Å². The Labute approximate surface area is 118 Å². The summed E-state index contributed by atoms with van der Waals surface area (Å²) in [4.78, 5) is 13.5. The molecule has 0 saturated heterocycles. The fraction of sp³-hybridized carbons (Fsp3) is 0.462. The Morgan fingerprint density at radius 3 is 2.61 bits per heavy atom. The zero-order chi connectivity index (χ0) is 13.7. The minimum Gasteiger partial charge on any atom is -0.340 e. The van der Waals surface area contributed by atoms with Gasteiger partial charge in [-0.2, -0.15) is 0 Å². The fourth-order valence-electron chi connectivity index (χ4n) is 1.71. The van der Waals surface area contributed by atoms with Gasteiger partial charge >= 0.3 is 0 Å². The summed E-state index contributed by atoms with van der Waals surface area (Å²) in [5, 5.41) is 1.00. The summed E-state index contributed by atoms with van der Waals surface area (Å²) in [5.74, 6) is -0.0528. The predicted molar refractivity (Wildman–Crippen MR) is 75.8 cm³/mol. The number of hydrogen-bond acceptors (Lipinski definition) is 2. The third kappa shape index (κ3) is 4.16. The zero-order valence-electron chi connectivity index (χ0n) is 10.6. The Bertz CT molecular complexity index is 423. The van der Waals surface area contributed by atoms with E-state index in [1.807, 2.05) is 13.0 Å². The topological polar surface area (TPSA) is 46.3 Å². The molecule has 0 fully saturated rings. The summed E-state index contributed by atoms with van der Waals surface area (Å²) in [7, 11) is 1.74. The van der Waals surface area contributed by atoms with E-state index in [0.29, 0.717) is 23.0 Å². The van der Waals surface area contributed by atoms with Crippen LogP contribution in [0.15, 0.2) is 18.2 Å². The van der Waals surface area contributed by atoms with Gasteiger partial charge in [-0.1, -0.05) is 42.6 Å². The Morgan fingerprint density at radius 2 is 2.06 bits per heavy atom. The number of amides is 1. The van der Waals surface area contributed by atoms with Gasteiger partial charge in [-0.3, -0.25) is 4.79 Å². The van der Waals surface area contributed by atoms with Crippen LogP contribution in [-0.4, -0.2) is 23.9 Å². The first-order valence-corrected chi connectivity index (χ1v) is 6.65. The van der Waals surface area contributed by atoms with Crippen LogP contribution in [0, 0.1) is 0 Å². The van der Waals surface area contributed by atoms with Crippen LogP contribution in [0.25, 0.3) is 0 Å². The maximum atomic E-state index is 11.9. The number of nitrogens with zero attached hydrogens (tertiary/aromatic N) is 1. The lowest BCUT2D eigenvalue weighted by Gasteiger charge is -2.21. The van der Waals surface area contributed by atoms with Crippen molar-refractivity contribution in [3.05, 3.63) is 33.8 Å². The molecular formula is C13H18Cl2N2O. The predicted octanol–water partition coefficient (Wildman–Crippen LogP) is 3.08. The van der Waals surface area contributed by atoms with Crippen LogP contribution in [0.3, 0.4) is 0 Å². The molecule has 0 bridgehead atoms. The first kappa shape index (κ1) is 15.3. The number of halogens is 2. The van der Waals surface area contributed by atoms with Crippen LogP contribution in [0.4, 0.5) is 0 Å². The third-order valence-electron chi connectivity index (χ3n) is 2.70. The molecule has 1 rings (SSSR count). The third-order valence-corrected chi connectivity index (χ3v) is 3.44. The summed E-state index contributed by atoms with van der Waals surface area (Å²) < 4.78 is 0. The van der Waals surface area contributed by atoms with Crippen LogP contribution in [-0.2, 0) is 11.3 Å². The van der Waals surface area contributed by atoms with Crippen molar-refractivity contribution in [3.63, 3.8) is 0 Å². The molecule has 0 saturated carbocycles. The Hall–Kier alpha value is -0.770.